The van der Waals surface area contributed by atoms with Gasteiger partial charge in [-0.2, -0.15) is 0 Å². The van der Waals surface area contributed by atoms with E-state index in [0.29, 0.717) is 25.9 Å². The van der Waals surface area contributed by atoms with Gasteiger partial charge in [0, 0.05) is 32.0 Å². The zero-order valence-electron chi connectivity index (χ0n) is 15.3. The van der Waals surface area contributed by atoms with Gasteiger partial charge in [0.05, 0.1) is 0 Å². The molecule has 1 N–H and O–H groups in total. The first kappa shape index (κ1) is 18.2. The van der Waals surface area contributed by atoms with Gasteiger partial charge in [-0.1, -0.05) is 60.2 Å². The van der Waals surface area contributed by atoms with E-state index >= 15 is 0 Å². The third-order valence-corrected chi connectivity index (χ3v) is 4.93. The molecule has 2 aromatic carbocycles. The highest BCUT2D eigenvalue weighted by atomic mass is 16.2. The van der Waals surface area contributed by atoms with E-state index in [1.165, 1.54) is 11.1 Å². The maximum atomic E-state index is 12.3. The quantitative estimate of drug-likeness (QED) is 0.833. The molecule has 136 valence electrons. The third-order valence-electron chi connectivity index (χ3n) is 4.93. The summed E-state index contributed by atoms with van der Waals surface area (Å²) in [5.41, 5.74) is 3.53. The first-order valence-electron chi connectivity index (χ1n) is 9.27. The van der Waals surface area contributed by atoms with Gasteiger partial charge in [0.25, 0.3) is 0 Å². The minimum Gasteiger partial charge on any atom is -0.356 e. The summed E-state index contributed by atoms with van der Waals surface area (Å²) in [7, 11) is 0. The second kappa shape index (κ2) is 8.65. The Balaban J connectivity index is 1.49. The Kier molecular flexibility index (Phi) is 6.05. The van der Waals surface area contributed by atoms with Crippen molar-refractivity contribution in [2.45, 2.75) is 45.2 Å². The van der Waals surface area contributed by atoms with E-state index in [1.807, 2.05) is 30.0 Å². The van der Waals surface area contributed by atoms with Crippen molar-refractivity contribution in [3.63, 3.8) is 0 Å². The minimum atomic E-state index is 0.000489. The molecule has 1 unspecified atom stereocenters. The van der Waals surface area contributed by atoms with Crippen LogP contribution in [0.2, 0.25) is 0 Å². The molecule has 3 rings (SSSR count). The average molecular weight is 350 g/mol. The van der Waals surface area contributed by atoms with Gasteiger partial charge in [0.2, 0.25) is 11.8 Å². The van der Waals surface area contributed by atoms with Crippen LogP contribution in [-0.4, -0.2) is 29.3 Å². The van der Waals surface area contributed by atoms with Crippen molar-refractivity contribution >= 4 is 11.8 Å². The lowest BCUT2D eigenvalue weighted by Gasteiger charge is -2.24. The lowest BCUT2D eigenvalue weighted by molar-refractivity contribution is -0.130. The zero-order chi connectivity index (χ0) is 18.4. The van der Waals surface area contributed by atoms with Crippen molar-refractivity contribution in [3.8, 4) is 0 Å². The predicted molar refractivity (Wildman–Crippen MR) is 103 cm³/mol. The molecule has 1 saturated heterocycles. The topological polar surface area (TPSA) is 49.4 Å². The standard InChI is InChI=1S/C22H26N2O2/c1-17-7-9-19(10-8-17)16-24-20(11-12-22(24)26)15-21(25)23-14-13-18-5-3-2-4-6-18/h2-10,20H,11-16H2,1H3,(H,23,25). The molecular formula is C22H26N2O2. The Morgan fingerprint density at radius 1 is 1.08 bits per heavy atom. The molecule has 0 aliphatic carbocycles. The molecule has 0 spiro atoms. The fourth-order valence-corrected chi connectivity index (χ4v) is 3.39. The molecule has 4 nitrogen and oxygen atoms in total. The summed E-state index contributed by atoms with van der Waals surface area (Å²) in [6, 6.07) is 18.3. The van der Waals surface area contributed by atoms with Crippen LogP contribution in [0.25, 0.3) is 0 Å². The van der Waals surface area contributed by atoms with Crippen LogP contribution in [0.4, 0.5) is 0 Å². The van der Waals surface area contributed by atoms with Crippen molar-refractivity contribution in [1.82, 2.24) is 10.2 Å². The summed E-state index contributed by atoms with van der Waals surface area (Å²) in [4.78, 5) is 26.4. The summed E-state index contributed by atoms with van der Waals surface area (Å²) in [5, 5.41) is 2.99. The van der Waals surface area contributed by atoms with Crippen molar-refractivity contribution in [2.75, 3.05) is 6.54 Å². The Labute approximate surface area is 155 Å². The fourth-order valence-electron chi connectivity index (χ4n) is 3.39. The monoisotopic (exact) mass is 350 g/mol. The molecule has 0 bridgehead atoms. The van der Waals surface area contributed by atoms with Gasteiger partial charge in [-0.15, -0.1) is 0 Å². The molecule has 0 radical (unpaired) electrons. The normalized spacial score (nSPS) is 16.7. The van der Waals surface area contributed by atoms with E-state index in [1.54, 1.807) is 0 Å². The van der Waals surface area contributed by atoms with Crippen LogP contribution in [0, 0.1) is 6.92 Å². The van der Waals surface area contributed by atoms with E-state index in [2.05, 4.69) is 41.7 Å². The lowest BCUT2D eigenvalue weighted by atomic mass is 10.1. The number of likely N-dealkylation sites (tertiary alicyclic amines) is 1. The van der Waals surface area contributed by atoms with E-state index in [4.69, 9.17) is 0 Å². The zero-order valence-corrected chi connectivity index (χ0v) is 15.3. The van der Waals surface area contributed by atoms with Crippen LogP contribution in [0.15, 0.2) is 54.6 Å². The van der Waals surface area contributed by atoms with Crippen molar-refractivity contribution in [2.24, 2.45) is 0 Å². The first-order chi connectivity index (χ1) is 12.6. The summed E-state index contributed by atoms with van der Waals surface area (Å²) in [6.45, 7) is 3.26. The number of carbonyl (C=O) groups is 2. The van der Waals surface area contributed by atoms with E-state index in [0.717, 1.165) is 18.4 Å². The smallest absolute Gasteiger partial charge is 0.223 e. The van der Waals surface area contributed by atoms with Gasteiger partial charge in [-0.05, 0) is 30.9 Å². The van der Waals surface area contributed by atoms with Gasteiger partial charge < -0.3 is 10.2 Å². The van der Waals surface area contributed by atoms with Crippen LogP contribution in [-0.2, 0) is 22.6 Å². The molecule has 0 saturated carbocycles. The molecule has 2 aromatic rings. The number of nitrogens with one attached hydrogen (secondary N) is 1. The molecule has 1 atom stereocenters. The minimum absolute atomic E-state index is 0.000489. The summed E-state index contributed by atoms with van der Waals surface area (Å²) in [5.74, 6) is 0.169. The van der Waals surface area contributed by atoms with Crippen LogP contribution in [0.3, 0.4) is 0 Å². The number of amides is 2. The molecule has 1 aliphatic heterocycles. The summed E-state index contributed by atoms with van der Waals surface area (Å²) in [6.07, 6.45) is 2.50. The SMILES string of the molecule is Cc1ccc(CN2C(=O)CCC2CC(=O)NCCc2ccccc2)cc1. The van der Waals surface area contributed by atoms with Gasteiger partial charge in [-0.3, -0.25) is 9.59 Å². The molecule has 26 heavy (non-hydrogen) atoms. The lowest BCUT2D eigenvalue weighted by Crippen LogP contribution is -2.37. The molecular weight excluding hydrogens is 324 g/mol. The van der Waals surface area contributed by atoms with Gasteiger partial charge >= 0.3 is 0 Å². The highest BCUT2D eigenvalue weighted by Crippen LogP contribution is 2.24. The van der Waals surface area contributed by atoms with Crippen LogP contribution in [0.1, 0.15) is 36.0 Å². The van der Waals surface area contributed by atoms with Crippen LogP contribution in [0.5, 0.6) is 0 Å². The Morgan fingerprint density at radius 2 is 1.81 bits per heavy atom. The number of carbonyl (C=O) groups excluding carboxylic acids is 2. The highest BCUT2D eigenvalue weighted by molar-refractivity contribution is 5.82. The fraction of sp³-hybridized carbons (Fsp3) is 0.364. The Bertz CT molecular complexity index is 740. The number of benzene rings is 2. The molecule has 0 aromatic heterocycles. The predicted octanol–water partition coefficient (Wildman–Crippen LogP) is 3.24. The van der Waals surface area contributed by atoms with Gasteiger partial charge in [0.1, 0.15) is 0 Å². The molecule has 1 fully saturated rings. The summed E-state index contributed by atoms with van der Waals surface area (Å²) < 4.78 is 0. The second-order valence-electron chi connectivity index (χ2n) is 6.99. The number of hydrogen-bond donors (Lipinski definition) is 1. The molecule has 2 amide bonds. The Hall–Kier alpha value is -2.62. The maximum Gasteiger partial charge on any atom is 0.223 e. The Morgan fingerprint density at radius 3 is 2.54 bits per heavy atom. The van der Waals surface area contributed by atoms with Crippen molar-refractivity contribution in [1.29, 1.82) is 0 Å². The molecule has 1 aliphatic rings. The van der Waals surface area contributed by atoms with E-state index in [-0.39, 0.29) is 17.9 Å². The van der Waals surface area contributed by atoms with Crippen molar-refractivity contribution in [3.05, 3.63) is 71.3 Å². The number of rotatable bonds is 7. The van der Waals surface area contributed by atoms with E-state index < -0.39 is 0 Å². The first-order valence-corrected chi connectivity index (χ1v) is 9.27. The van der Waals surface area contributed by atoms with Crippen molar-refractivity contribution < 1.29 is 9.59 Å². The average Bonchev–Trinajstić information content (AvgIpc) is 2.98. The van der Waals surface area contributed by atoms with E-state index in [9.17, 15) is 9.59 Å². The maximum absolute atomic E-state index is 12.3. The van der Waals surface area contributed by atoms with Gasteiger partial charge in [0.15, 0.2) is 0 Å². The summed E-state index contributed by atoms with van der Waals surface area (Å²) >= 11 is 0. The van der Waals surface area contributed by atoms with Crippen LogP contribution >= 0.6 is 0 Å². The second-order valence-corrected chi connectivity index (χ2v) is 6.99. The molecule has 4 heteroatoms. The highest BCUT2D eigenvalue weighted by Gasteiger charge is 2.32. The number of aryl methyl sites for hydroxylation is 1. The molecule has 1 heterocycles. The van der Waals surface area contributed by atoms with Crippen LogP contribution < -0.4 is 5.32 Å². The number of nitrogens with zero attached hydrogens (tertiary/aromatic N) is 1. The third kappa shape index (κ3) is 4.94. The number of hydrogen-bond acceptors (Lipinski definition) is 2. The largest absolute Gasteiger partial charge is 0.356 e. The van der Waals surface area contributed by atoms with Gasteiger partial charge in [-0.25, -0.2) is 0 Å².